The fraction of sp³-hybridized carbons (Fsp3) is 0.462. The van der Waals surface area contributed by atoms with Gasteiger partial charge in [0.15, 0.2) is 15.7 Å². The number of benzene rings is 3. The standard InChI is InChI=1S/C52H62ClN7O7S2/c1-29-31(3)68-51-46(29)47(36-11-15-37(53)16-12-36)55-44(49-58-57-32(4)60(49)51)26-39(61)21-34-22-42(23-34)67-41-17-9-33(10-18-41)24-45(63)56-48(52(5,6)7)50(64)59-28-40(62)25-38(59)27-54-30(2)35-13-19-43(20-14-35)69(8,65)66/h9-20,30,34,38,40,42,44,48,54,62H,21-28H2,1-8H3,(H,56,63)/t30-,34?,38-,40+,42?,44-,48+/m0/s1. The minimum absolute atomic E-state index is 0.0318. The van der Waals surface area contributed by atoms with Gasteiger partial charge < -0.3 is 25.4 Å². The highest BCUT2D eigenvalue weighted by Gasteiger charge is 2.42. The molecule has 17 heteroatoms. The van der Waals surface area contributed by atoms with Crippen LogP contribution >= 0.6 is 22.9 Å². The van der Waals surface area contributed by atoms with Crippen LogP contribution in [0.15, 0.2) is 82.7 Å². The van der Waals surface area contributed by atoms with Crippen molar-refractivity contribution >= 4 is 56.1 Å². The van der Waals surface area contributed by atoms with Crippen LogP contribution in [0.25, 0.3) is 5.00 Å². The number of halogens is 1. The second-order valence-corrected chi connectivity index (χ2v) is 23.8. The van der Waals surface area contributed by atoms with Crippen molar-refractivity contribution in [3.05, 3.63) is 122 Å². The van der Waals surface area contributed by atoms with Gasteiger partial charge in [0.05, 0.1) is 29.2 Å². The van der Waals surface area contributed by atoms with E-state index in [-0.39, 0.29) is 66.0 Å². The second kappa shape index (κ2) is 20.2. The molecule has 3 N–H and O–H groups in total. The van der Waals surface area contributed by atoms with Gasteiger partial charge in [0.25, 0.3) is 0 Å². The third-order valence-electron chi connectivity index (χ3n) is 13.6. The molecular formula is C52H62ClN7O7S2. The number of rotatable bonds is 16. The first kappa shape index (κ1) is 50.1. The van der Waals surface area contributed by atoms with Crippen LogP contribution in [0.3, 0.4) is 0 Å². The van der Waals surface area contributed by atoms with Gasteiger partial charge in [0.1, 0.15) is 34.4 Å². The summed E-state index contributed by atoms with van der Waals surface area (Å²) >= 11 is 7.95. The topological polar surface area (TPSA) is 185 Å². The third kappa shape index (κ3) is 11.4. The fourth-order valence-electron chi connectivity index (χ4n) is 9.57. The number of nitrogens with zero attached hydrogens (tertiary/aromatic N) is 5. The van der Waals surface area contributed by atoms with Gasteiger partial charge in [0.2, 0.25) is 11.8 Å². The summed E-state index contributed by atoms with van der Waals surface area (Å²) < 4.78 is 32.2. The van der Waals surface area contributed by atoms with Gasteiger partial charge in [0, 0.05) is 65.3 Å². The number of Topliss-reactive ketones (excluding diaryl/α,β-unsaturated/α-hetero) is 1. The molecule has 1 aliphatic carbocycles. The number of likely N-dealkylation sites (tertiary alicyclic amines) is 1. The zero-order valence-corrected chi connectivity index (χ0v) is 42.8. The van der Waals surface area contributed by atoms with Crippen LogP contribution in [-0.2, 0) is 30.6 Å². The molecule has 4 heterocycles. The molecule has 1 saturated heterocycles. The molecule has 0 unspecified atom stereocenters. The number of aryl methyl sites for hydroxylation is 2. The molecule has 69 heavy (non-hydrogen) atoms. The molecule has 0 spiro atoms. The summed E-state index contributed by atoms with van der Waals surface area (Å²) in [5.74, 6) is 1.85. The molecule has 3 aliphatic rings. The van der Waals surface area contributed by atoms with Gasteiger partial charge in [-0.3, -0.25) is 23.9 Å². The van der Waals surface area contributed by atoms with Crippen LogP contribution in [0.5, 0.6) is 5.75 Å². The zero-order valence-electron chi connectivity index (χ0n) is 40.5. The number of aliphatic hydroxyl groups is 1. The Morgan fingerprint density at radius 1 is 0.942 bits per heavy atom. The lowest BCUT2D eigenvalue weighted by Gasteiger charge is -2.36. The smallest absolute Gasteiger partial charge is 0.246 e. The first-order chi connectivity index (χ1) is 32.6. The number of hydrogen-bond donors (Lipinski definition) is 3. The van der Waals surface area contributed by atoms with Gasteiger partial charge in [-0.15, -0.1) is 21.5 Å². The number of aliphatic hydroxyl groups excluding tert-OH is 1. The Hall–Kier alpha value is -5.26. The van der Waals surface area contributed by atoms with Gasteiger partial charge in [-0.2, -0.15) is 0 Å². The van der Waals surface area contributed by atoms with E-state index in [4.69, 9.17) is 21.3 Å². The summed E-state index contributed by atoms with van der Waals surface area (Å²) in [5.41, 5.74) is 4.96. The molecule has 2 amide bonds. The second-order valence-electron chi connectivity index (χ2n) is 20.1. The van der Waals surface area contributed by atoms with Crippen LogP contribution in [0.4, 0.5) is 0 Å². The molecule has 5 atom stereocenters. The lowest BCUT2D eigenvalue weighted by Crippen LogP contribution is -2.57. The number of carbonyl (C=O) groups excluding carboxylic acids is 3. The van der Waals surface area contributed by atoms with Crippen molar-refractivity contribution in [2.45, 2.75) is 128 Å². The number of aliphatic imine (C=N–C) groups is 1. The van der Waals surface area contributed by atoms with Crippen molar-refractivity contribution in [2.75, 3.05) is 19.3 Å². The molecule has 2 fully saturated rings. The van der Waals surface area contributed by atoms with E-state index >= 15 is 0 Å². The number of ether oxygens (including phenoxy) is 1. The molecule has 1 saturated carbocycles. The lowest BCUT2D eigenvalue weighted by atomic mass is 9.78. The fourth-order valence-corrected chi connectivity index (χ4v) is 11.5. The van der Waals surface area contributed by atoms with Gasteiger partial charge in [-0.1, -0.05) is 68.8 Å². The number of amides is 2. The van der Waals surface area contributed by atoms with Gasteiger partial charge in [-0.25, -0.2) is 8.42 Å². The molecule has 14 nitrogen and oxygen atoms in total. The van der Waals surface area contributed by atoms with Crippen LogP contribution < -0.4 is 15.4 Å². The highest BCUT2D eigenvalue weighted by Crippen LogP contribution is 2.41. The highest BCUT2D eigenvalue weighted by molar-refractivity contribution is 7.90. The summed E-state index contributed by atoms with van der Waals surface area (Å²) in [4.78, 5) is 49.8. The van der Waals surface area contributed by atoms with E-state index in [9.17, 15) is 27.9 Å². The van der Waals surface area contributed by atoms with Crippen molar-refractivity contribution in [2.24, 2.45) is 16.3 Å². The van der Waals surface area contributed by atoms with E-state index in [0.29, 0.717) is 36.0 Å². The predicted molar refractivity (Wildman–Crippen MR) is 268 cm³/mol. The van der Waals surface area contributed by atoms with Crippen molar-refractivity contribution in [3.8, 4) is 10.8 Å². The van der Waals surface area contributed by atoms with E-state index in [0.717, 1.165) is 57.2 Å². The lowest BCUT2D eigenvalue weighted by molar-refractivity contribution is -0.140. The molecule has 0 bridgehead atoms. The average Bonchev–Trinajstić information content (AvgIpc) is 3.92. The van der Waals surface area contributed by atoms with E-state index in [2.05, 4.69) is 39.2 Å². The number of ketones is 1. The van der Waals surface area contributed by atoms with E-state index in [1.54, 1.807) is 40.5 Å². The molecule has 366 valence electrons. The third-order valence-corrected chi connectivity index (χ3v) is 16.2. The number of sulfone groups is 1. The molecular weight excluding hydrogens is 934 g/mol. The summed E-state index contributed by atoms with van der Waals surface area (Å²) in [5, 5.41) is 27.8. The Kier molecular flexibility index (Phi) is 14.7. The van der Waals surface area contributed by atoms with Crippen molar-refractivity contribution < 1.29 is 32.6 Å². The number of β-amino-alcohol motifs (C(OH)–C–C–N with tert-alkyl or cyclic N) is 1. The quantitative estimate of drug-likeness (QED) is 0.0882. The molecule has 0 radical (unpaired) electrons. The Balaban J connectivity index is 0.829. The van der Waals surface area contributed by atoms with Crippen molar-refractivity contribution in [3.63, 3.8) is 0 Å². The van der Waals surface area contributed by atoms with Crippen molar-refractivity contribution in [1.29, 1.82) is 0 Å². The SMILES string of the molecule is Cc1sc2c(c1C)C(c1ccc(Cl)cc1)=N[C@@H](CC(=O)CC1CC(Oc3ccc(CC(=O)N[C@H](C(=O)N4C[C@H](O)C[C@H]4CN[C@@H](C)c4ccc(S(C)(=O)=O)cc4)C(C)(C)C)cc3)C1)c1nnc(C)n1-2. The molecule has 3 aromatic carbocycles. The van der Waals surface area contributed by atoms with Crippen LogP contribution in [-0.4, -0.2) is 100 Å². The van der Waals surface area contributed by atoms with E-state index in [1.165, 1.54) is 11.1 Å². The van der Waals surface area contributed by atoms with Crippen molar-refractivity contribution in [1.82, 2.24) is 30.3 Å². The van der Waals surface area contributed by atoms with E-state index in [1.807, 2.05) is 83.1 Å². The summed E-state index contributed by atoms with van der Waals surface area (Å²) in [6, 6.07) is 20.0. The molecule has 2 aliphatic heterocycles. The largest absolute Gasteiger partial charge is 0.490 e. The summed E-state index contributed by atoms with van der Waals surface area (Å²) in [7, 11) is -3.31. The Labute approximate surface area is 413 Å². The number of fused-ring (bicyclic) bond motifs is 3. The Morgan fingerprint density at radius 2 is 1.62 bits per heavy atom. The van der Waals surface area contributed by atoms with E-state index < -0.39 is 33.4 Å². The van der Waals surface area contributed by atoms with Crippen LogP contribution in [0, 0.1) is 32.1 Å². The maximum absolute atomic E-state index is 14.2. The first-order valence-electron chi connectivity index (χ1n) is 23.6. The number of thiophene rings is 1. The number of carbonyl (C=O) groups is 3. The molecule has 8 rings (SSSR count). The minimum Gasteiger partial charge on any atom is -0.490 e. The summed E-state index contributed by atoms with van der Waals surface area (Å²) in [6.07, 6.45) is 3.02. The maximum atomic E-state index is 14.2. The predicted octanol–water partition coefficient (Wildman–Crippen LogP) is 7.80. The van der Waals surface area contributed by atoms with Crippen LogP contribution in [0.2, 0.25) is 5.02 Å². The number of aromatic nitrogens is 3. The normalized spacial score (nSPS) is 21.0. The molecule has 5 aromatic rings. The van der Waals surface area contributed by atoms with Crippen LogP contribution in [0.1, 0.15) is 116 Å². The molecule has 2 aromatic heterocycles. The Morgan fingerprint density at radius 3 is 2.28 bits per heavy atom. The number of hydrogen-bond acceptors (Lipinski definition) is 12. The summed E-state index contributed by atoms with van der Waals surface area (Å²) in [6.45, 7) is 14.4. The maximum Gasteiger partial charge on any atom is 0.246 e. The highest BCUT2D eigenvalue weighted by atomic mass is 35.5. The minimum atomic E-state index is -3.31. The first-order valence-corrected chi connectivity index (χ1v) is 26.7. The van der Waals surface area contributed by atoms with Gasteiger partial charge in [-0.05, 0) is 111 Å². The van der Waals surface area contributed by atoms with Gasteiger partial charge >= 0.3 is 0 Å². The monoisotopic (exact) mass is 995 g/mol. The average molecular weight is 997 g/mol. The Bertz CT molecular complexity index is 2850. The zero-order chi connectivity index (χ0) is 49.5. The number of nitrogens with one attached hydrogen (secondary N) is 2.